The molecule has 5 N–H and O–H groups in total. The number of fused-ring (bicyclic) bond motifs is 2. The number of Topliss-reactive ketones (excluding diaryl/α,β-unsaturated/α-hetero) is 1. The molecule has 8 nitrogen and oxygen atoms in total. The first-order valence-electron chi connectivity index (χ1n) is 8.30. The van der Waals surface area contributed by atoms with Gasteiger partial charge in [0.2, 0.25) is 0 Å². The predicted molar refractivity (Wildman–Crippen MR) is 79.7 cm³/mol. The third kappa shape index (κ3) is 2.36. The van der Waals surface area contributed by atoms with E-state index in [-0.39, 0.29) is 18.3 Å². The molecule has 0 amide bonds. The lowest BCUT2D eigenvalue weighted by molar-refractivity contribution is -0.317. The highest BCUT2D eigenvalue weighted by Gasteiger charge is 2.66. The number of rotatable bonds is 4. The van der Waals surface area contributed by atoms with Crippen LogP contribution in [0.5, 0.6) is 0 Å². The molecule has 0 spiro atoms. The SMILES string of the molecule is CC1(CO)C(=O)C2(C)CC1CC2OC1OC(CO)C(O)C(O)C1O. The average molecular weight is 346 g/mol. The van der Waals surface area contributed by atoms with E-state index in [9.17, 15) is 30.3 Å². The van der Waals surface area contributed by atoms with Gasteiger partial charge in [-0.05, 0) is 18.8 Å². The van der Waals surface area contributed by atoms with Crippen LogP contribution in [0, 0.1) is 16.7 Å². The molecule has 1 saturated heterocycles. The van der Waals surface area contributed by atoms with E-state index < -0.39 is 54.2 Å². The summed E-state index contributed by atoms with van der Waals surface area (Å²) in [6, 6.07) is 0. The predicted octanol–water partition coefficient (Wildman–Crippen LogP) is -1.83. The molecule has 3 fully saturated rings. The van der Waals surface area contributed by atoms with Crippen molar-refractivity contribution in [3.63, 3.8) is 0 Å². The Kier molecular flexibility index (Phi) is 4.53. The van der Waals surface area contributed by atoms with Gasteiger partial charge in [-0.2, -0.15) is 0 Å². The number of carbonyl (C=O) groups excluding carboxylic acids is 1. The van der Waals surface area contributed by atoms with E-state index in [1.54, 1.807) is 13.8 Å². The Bertz CT molecular complexity index is 510. The summed E-state index contributed by atoms with van der Waals surface area (Å²) in [4.78, 5) is 12.7. The molecule has 2 saturated carbocycles. The summed E-state index contributed by atoms with van der Waals surface area (Å²) in [6.45, 7) is 2.80. The largest absolute Gasteiger partial charge is 0.395 e. The summed E-state index contributed by atoms with van der Waals surface area (Å²) in [6.07, 6.45) is -6.11. The minimum absolute atomic E-state index is 0.0186. The van der Waals surface area contributed by atoms with Gasteiger partial charge >= 0.3 is 0 Å². The van der Waals surface area contributed by atoms with Gasteiger partial charge in [-0.1, -0.05) is 13.8 Å². The second-order valence-corrected chi connectivity index (χ2v) is 7.78. The van der Waals surface area contributed by atoms with E-state index in [1.165, 1.54) is 0 Å². The van der Waals surface area contributed by atoms with Crippen LogP contribution in [0.4, 0.5) is 0 Å². The Morgan fingerprint density at radius 3 is 2.38 bits per heavy atom. The summed E-state index contributed by atoms with van der Waals surface area (Å²) in [5.74, 6) is -0.0850. The van der Waals surface area contributed by atoms with E-state index in [2.05, 4.69) is 0 Å². The van der Waals surface area contributed by atoms with Crippen molar-refractivity contribution in [1.29, 1.82) is 0 Å². The fraction of sp³-hybridized carbons (Fsp3) is 0.938. The number of aliphatic hydroxyl groups excluding tert-OH is 5. The quantitative estimate of drug-likeness (QED) is 0.401. The molecule has 2 aliphatic carbocycles. The van der Waals surface area contributed by atoms with Crippen molar-refractivity contribution in [1.82, 2.24) is 0 Å². The Morgan fingerprint density at radius 2 is 1.83 bits per heavy atom. The molecule has 3 aliphatic rings. The van der Waals surface area contributed by atoms with Gasteiger partial charge in [-0.3, -0.25) is 4.79 Å². The van der Waals surface area contributed by atoms with Gasteiger partial charge in [0.05, 0.1) is 30.1 Å². The Balaban J connectivity index is 1.75. The first-order valence-corrected chi connectivity index (χ1v) is 8.30. The van der Waals surface area contributed by atoms with Crippen LogP contribution in [0.2, 0.25) is 0 Å². The second-order valence-electron chi connectivity index (χ2n) is 7.78. The van der Waals surface area contributed by atoms with Crippen molar-refractivity contribution in [3.05, 3.63) is 0 Å². The lowest BCUT2D eigenvalue weighted by Gasteiger charge is -2.44. The lowest BCUT2D eigenvalue weighted by Crippen LogP contribution is -2.60. The summed E-state index contributed by atoms with van der Waals surface area (Å²) in [7, 11) is 0. The first kappa shape index (κ1) is 18.2. The zero-order valence-electron chi connectivity index (χ0n) is 13.8. The Morgan fingerprint density at radius 1 is 1.17 bits per heavy atom. The maximum Gasteiger partial charge on any atom is 0.187 e. The highest BCUT2D eigenvalue weighted by atomic mass is 16.7. The molecule has 9 unspecified atom stereocenters. The normalized spacial score (nSPS) is 54.5. The molecule has 0 radical (unpaired) electrons. The maximum atomic E-state index is 12.7. The fourth-order valence-corrected chi connectivity index (χ4v) is 4.56. The molecule has 1 heterocycles. The molecular formula is C16H26O8. The van der Waals surface area contributed by atoms with Gasteiger partial charge in [0, 0.05) is 0 Å². The molecule has 3 rings (SSSR count). The van der Waals surface area contributed by atoms with Gasteiger partial charge in [-0.25, -0.2) is 0 Å². The Labute approximate surface area is 140 Å². The number of hydrogen-bond acceptors (Lipinski definition) is 8. The van der Waals surface area contributed by atoms with Crippen LogP contribution < -0.4 is 0 Å². The highest BCUT2D eigenvalue weighted by molar-refractivity contribution is 5.94. The number of ether oxygens (including phenoxy) is 2. The van der Waals surface area contributed by atoms with Gasteiger partial charge in [0.1, 0.15) is 30.2 Å². The first-order chi connectivity index (χ1) is 11.2. The minimum atomic E-state index is -1.51. The third-order valence-corrected chi connectivity index (χ3v) is 6.29. The van der Waals surface area contributed by atoms with E-state index in [0.717, 1.165) is 0 Å². The van der Waals surface area contributed by atoms with Gasteiger partial charge in [0.15, 0.2) is 6.29 Å². The van der Waals surface area contributed by atoms with Crippen molar-refractivity contribution in [2.24, 2.45) is 16.7 Å². The molecule has 9 atom stereocenters. The van der Waals surface area contributed by atoms with Crippen LogP contribution in [0.1, 0.15) is 26.7 Å². The summed E-state index contributed by atoms with van der Waals surface area (Å²) in [5, 5.41) is 48.6. The van der Waals surface area contributed by atoms with Crippen LogP contribution in [0.15, 0.2) is 0 Å². The van der Waals surface area contributed by atoms with Crippen molar-refractivity contribution < 1.29 is 39.8 Å². The molecule has 1 aliphatic heterocycles. The summed E-state index contributed by atoms with van der Waals surface area (Å²) >= 11 is 0. The Hall–Kier alpha value is -0.610. The molecule has 0 aromatic rings. The molecule has 2 bridgehead atoms. The van der Waals surface area contributed by atoms with Crippen molar-refractivity contribution in [2.45, 2.75) is 63.5 Å². The zero-order chi connectivity index (χ0) is 17.9. The minimum Gasteiger partial charge on any atom is -0.395 e. The number of aliphatic hydroxyl groups is 5. The number of carbonyl (C=O) groups is 1. The molecule has 8 heteroatoms. The van der Waals surface area contributed by atoms with E-state index in [0.29, 0.717) is 12.8 Å². The van der Waals surface area contributed by atoms with E-state index in [4.69, 9.17) is 9.47 Å². The molecule has 138 valence electrons. The molecule has 24 heavy (non-hydrogen) atoms. The third-order valence-electron chi connectivity index (χ3n) is 6.29. The second kappa shape index (κ2) is 5.98. The average Bonchev–Trinajstić information content (AvgIpc) is 3.00. The maximum absolute atomic E-state index is 12.7. The van der Waals surface area contributed by atoms with Crippen molar-refractivity contribution in [3.8, 4) is 0 Å². The molecular weight excluding hydrogens is 320 g/mol. The van der Waals surface area contributed by atoms with Gasteiger partial charge in [0.25, 0.3) is 0 Å². The van der Waals surface area contributed by atoms with Crippen molar-refractivity contribution in [2.75, 3.05) is 13.2 Å². The van der Waals surface area contributed by atoms with Crippen LogP contribution in [-0.2, 0) is 14.3 Å². The van der Waals surface area contributed by atoms with Crippen LogP contribution >= 0.6 is 0 Å². The summed E-state index contributed by atoms with van der Waals surface area (Å²) < 4.78 is 11.2. The van der Waals surface area contributed by atoms with E-state index in [1.807, 2.05) is 0 Å². The van der Waals surface area contributed by atoms with Crippen LogP contribution in [-0.4, -0.2) is 81.3 Å². The van der Waals surface area contributed by atoms with E-state index >= 15 is 0 Å². The van der Waals surface area contributed by atoms with Gasteiger partial charge in [-0.15, -0.1) is 0 Å². The lowest BCUT2D eigenvalue weighted by atomic mass is 9.69. The van der Waals surface area contributed by atoms with Crippen LogP contribution in [0.3, 0.4) is 0 Å². The molecule has 0 aromatic carbocycles. The number of hydrogen-bond donors (Lipinski definition) is 5. The van der Waals surface area contributed by atoms with Crippen LogP contribution in [0.25, 0.3) is 0 Å². The molecule has 0 aromatic heterocycles. The summed E-state index contributed by atoms with van der Waals surface area (Å²) in [5.41, 5.74) is -1.56. The topological polar surface area (TPSA) is 137 Å². The monoisotopic (exact) mass is 346 g/mol. The smallest absolute Gasteiger partial charge is 0.187 e. The fourth-order valence-electron chi connectivity index (χ4n) is 4.56. The standard InChI is InChI=1S/C16H26O8/c1-15-4-7(16(2,6-18)14(15)22)3-9(15)24-13-12(21)11(20)10(19)8(5-17)23-13/h7-13,17-21H,3-6H2,1-2H3. The van der Waals surface area contributed by atoms with Crippen molar-refractivity contribution >= 4 is 5.78 Å². The van der Waals surface area contributed by atoms with Gasteiger partial charge < -0.3 is 35.0 Å². The zero-order valence-corrected chi connectivity index (χ0v) is 13.8. The highest BCUT2D eigenvalue weighted by Crippen LogP contribution is 2.61. The number of ketones is 1.